The fraction of sp³-hybridized carbons (Fsp3) is 0. The molecule has 0 fully saturated rings. The molecule has 2 rings (SSSR count). The molecule has 0 bridgehead atoms. The average Bonchev–Trinajstić information content (AvgIpc) is 2.36. The van der Waals surface area contributed by atoms with Gasteiger partial charge >= 0.3 is 5.69 Å². The molecule has 1 aromatic heterocycles. The minimum Gasteiger partial charge on any atom is -0.493 e. The summed E-state index contributed by atoms with van der Waals surface area (Å²) in [5.41, 5.74) is -2.53. The quantitative estimate of drug-likeness (QED) is 0.447. The number of nitrogens with zero attached hydrogens (tertiary/aromatic N) is 3. The van der Waals surface area contributed by atoms with Crippen LogP contribution in [-0.2, 0) is 0 Å². The highest BCUT2D eigenvalue weighted by atomic mass is 35.5. The number of H-pyrrole nitrogens is 2. The summed E-state index contributed by atoms with van der Waals surface area (Å²) in [6, 6.07) is 3.54. The van der Waals surface area contributed by atoms with Crippen molar-refractivity contribution in [1.82, 2.24) is 9.97 Å². The Morgan fingerprint density at radius 3 is 2.52 bits per heavy atom. The van der Waals surface area contributed by atoms with Gasteiger partial charge in [-0.15, -0.1) is 5.11 Å². The highest BCUT2D eigenvalue weighted by molar-refractivity contribution is 6.32. The second kappa shape index (κ2) is 5.54. The Hall–Kier alpha value is -3.01. The van der Waals surface area contributed by atoms with Gasteiger partial charge < -0.3 is 5.11 Å². The SMILES string of the molecule is O=c1[nH]c(O)c(N=Nc2ccc([N+](=O)[O-])c(Cl)c2)c(=O)[nH]1. The van der Waals surface area contributed by atoms with Gasteiger partial charge in [0.1, 0.15) is 5.02 Å². The standard InChI is InChI=1S/C10H6ClN5O5/c11-5-3-4(1-2-6(5)16(20)21)14-15-7-8(17)12-10(19)13-9(7)18/h1-3H,(H3,12,13,17,18,19). The molecule has 0 aliphatic rings. The second-order valence-corrected chi connectivity index (χ2v) is 4.11. The molecule has 11 heteroatoms. The summed E-state index contributed by atoms with van der Waals surface area (Å²) in [6.45, 7) is 0. The van der Waals surface area contributed by atoms with Crippen LogP contribution in [0.25, 0.3) is 0 Å². The van der Waals surface area contributed by atoms with Crippen molar-refractivity contribution in [1.29, 1.82) is 0 Å². The predicted molar refractivity (Wildman–Crippen MR) is 71.6 cm³/mol. The lowest BCUT2D eigenvalue weighted by atomic mass is 10.3. The highest BCUT2D eigenvalue weighted by Gasteiger charge is 2.12. The topological polar surface area (TPSA) is 154 Å². The summed E-state index contributed by atoms with van der Waals surface area (Å²) in [4.78, 5) is 36.0. The van der Waals surface area contributed by atoms with Gasteiger partial charge in [-0.05, 0) is 12.1 Å². The molecule has 3 N–H and O–H groups in total. The average molecular weight is 312 g/mol. The van der Waals surface area contributed by atoms with Crippen LogP contribution >= 0.6 is 11.6 Å². The van der Waals surface area contributed by atoms with E-state index in [2.05, 4.69) is 10.2 Å². The molecule has 0 saturated heterocycles. The molecule has 1 heterocycles. The van der Waals surface area contributed by atoms with Gasteiger partial charge in [-0.2, -0.15) is 5.11 Å². The van der Waals surface area contributed by atoms with Crippen LogP contribution in [0.1, 0.15) is 0 Å². The van der Waals surface area contributed by atoms with E-state index in [9.17, 15) is 24.8 Å². The maximum absolute atomic E-state index is 11.4. The lowest BCUT2D eigenvalue weighted by Gasteiger charge is -1.97. The molecular formula is C10H6ClN5O5. The summed E-state index contributed by atoms with van der Waals surface area (Å²) in [7, 11) is 0. The van der Waals surface area contributed by atoms with Gasteiger partial charge in [0.05, 0.1) is 10.6 Å². The van der Waals surface area contributed by atoms with Gasteiger partial charge in [0.15, 0.2) is 0 Å². The number of hydrogen-bond donors (Lipinski definition) is 3. The van der Waals surface area contributed by atoms with Gasteiger partial charge in [0, 0.05) is 6.07 Å². The van der Waals surface area contributed by atoms with Crippen molar-refractivity contribution in [3.05, 3.63) is 54.2 Å². The number of halogens is 1. The molecule has 108 valence electrons. The van der Waals surface area contributed by atoms with Crippen LogP contribution < -0.4 is 11.2 Å². The zero-order valence-electron chi connectivity index (χ0n) is 10.0. The molecule has 0 spiro atoms. The zero-order chi connectivity index (χ0) is 15.6. The number of nitrogens with one attached hydrogen (secondary N) is 2. The van der Waals surface area contributed by atoms with Gasteiger partial charge in [0.25, 0.3) is 11.2 Å². The van der Waals surface area contributed by atoms with Gasteiger partial charge in [-0.3, -0.25) is 24.9 Å². The van der Waals surface area contributed by atoms with E-state index in [1.54, 1.807) is 0 Å². The molecular weight excluding hydrogens is 306 g/mol. The first-order valence-corrected chi connectivity index (χ1v) is 5.67. The molecule has 0 aliphatic heterocycles. The van der Waals surface area contributed by atoms with Crippen molar-refractivity contribution < 1.29 is 10.0 Å². The number of nitro groups is 1. The number of nitro benzene ring substituents is 1. The predicted octanol–water partition coefficient (Wildman–Crippen LogP) is 1.75. The highest BCUT2D eigenvalue weighted by Crippen LogP contribution is 2.29. The number of aromatic hydroxyl groups is 1. The van der Waals surface area contributed by atoms with Gasteiger partial charge in [0.2, 0.25) is 11.6 Å². The van der Waals surface area contributed by atoms with Crippen molar-refractivity contribution in [3.8, 4) is 5.88 Å². The fourth-order valence-corrected chi connectivity index (χ4v) is 1.62. The van der Waals surface area contributed by atoms with Crippen LogP contribution in [0.2, 0.25) is 5.02 Å². The maximum Gasteiger partial charge on any atom is 0.328 e. The maximum atomic E-state index is 11.4. The van der Waals surface area contributed by atoms with E-state index >= 15 is 0 Å². The van der Waals surface area contributed by atoms with Crippen molar-refractivity contribution >= 4 is 28.7 Å². The van der Waals surface area contributed by atoms with Crippen molar-refractivity contribution in [2.75, 3.05) is 0 Å². The third kappa shape index (κ3) is 3.12. The number of aromatic amines is 2. The molecule has 0 saturated carbocycles. The third-order valence-corrected chi connectivity index (χ3v) is 2.59. The fourth-order valence-electron chi connectivity index (χ4n) is 1.37. The zero-order valence-corrected chi connectivity index (χ0v) is 10.8. The van der Waals surface area contributed by atoms with Crippen LogP contribution in [0.3, 0.4) is 0 Å². The molecule has 10 nitrogen and oxygen atoms in total. The van der Waals surface area contributed by atoms with Crippen molar-refractivity contribution in [2.24, 2.45) is 10.2 Å². The van der Waals surface area contributed by atoms with Crippen LogP contribution in [0.5, 0.6) is 5.88 Å². The van der Waals surface area contributed by atoms with Crippen molar-refractivity contribution in [2.45, 2.75) is 0 Å². The van der Waals surface area contributed by atoms with E-state index in [0.29, 0.717) is 0 Å². The Kier molecular flexibility index (Phi) is 3.80. The molecule has 0 atom stereocenters. The number of aromatic nitrogens is 2. The Labute approximate surface area is 119 Å². The molecule has 1 aromatic carbocycles. The van der Waals surface area contributed by atoms with Gasteiger partial charge in [-0.25, -0.2) is 4.79 Å². The molecule has 0 aliphatic carbocycles. The van der Waals surface area contributed by atoms with Gasteiger partial charge in [-0.1, -0.05) is 11.6 Å². The summed E-state index contributed by atoms with van der Waals surface area (Å²) in [5, 5.41) is 26.9. The van der Waals surface area contributed by atoms with E-state index in [1.807, 2.05) is 9.97 Å². The number of rotatable bonds is 3. The molecule has 0 unspecified atom stereocenters. The normalized spacial score (nSPS) is 10.9. The Bertz CT molecular complexity index is 856. The molecule has 0 radical (unpaired) electrons. The number of benzene rings is 1. The summed E-state index contributed by atoms with van der Waals surface area (Å²) >= 11 is 5.68. The summed E-state index contributed by atoms with van der Waals surface area (Å²) < 4.78 is 0. The third-order valence-electron chi connectivity index (χ3n) is 2.29. The second-order valence-electron chi connectivity index (χ2n) is 3.70. The first-order chi connectivity index (χ1) is 9.88. The molecule has 0 amide bonds. The first kappa shape index (κ1) is 14.4. The van der Waals surface area contributed by atoms with Crippen LogP contribution in [-0.4, -0.2) is 20.0 Å². The Morgan fingerprint density at radius 2 is 1.95 bits per heavy atom. The summed E-state index contributed by atoms with van der Waals surface area (Å²) in [5.74, 6) is -0.750. The Morgan fingerprint density at radius 1 is 1.24 bits per heavy atom. The number of azo groups is 1. The van der Waals surface area contributed by atoms with Crippen LogP contribution in [0, 0.1) is 10.1 Å². The molecule has 21 heavy (non-hydrogen) atoms. The minimum atomic E-state index is -0.937. The Balaban J connectivity index is 2.39. The van der Waals surface area contributed by atoms with Crippen LogP contribution in [0.4, 0.5) is 17.1 Å². The van der Waals surface area contributed by atoms with E-state index in [4.69, 9.17) is 11.6 Å². The monoisotopic (exact) mass is 311 g/mol. The van der Waals surface area contributed by atoms with Crippen LogP contribution in [0.15, 0.2) is 38.0 Å². The van der Waals surface area contributed by atoms with E-state index in [-0.39, 0.29) is 16.4 Å². The number of hydrogen-bond acceptors (Lipinski definition) is 7. The lowest BCUT2D eigenvalue weighted by molar-refractivity contribution is -0.384. The van der Waals surface area contributed by atoms with Crippen molar-refractivity contribution in [3.63, 3.8) is 0 Å². The molecule has 2 aromatic rings. The smallest absolute Gasteiger partial charge is 0.328 e. The largest absolute Gasteiger partial charge is 0.493 e. The minimum absolute atomic E-state index is 0.121. The van der Waals surface area contributed by atoms with E-state index < -0.39 is 27.7 Å². The van der Waals surface area contributed by atoms with E-state index in [0.717, 1.165) is 6.07 Å². The summed E-state index contributed by atoms with van der Waals surface area (Å²) in [6.07, 6.45) is 0. The lowest BCUT2D eigenvalue weighted by Crippen LogP contribution is -2.20. The first-order valence-electron chi connectivity index (χ1n) is 5.29. The van der Waals surface area contributed by atoms with E-state index in [1.165, 1.54) is 12.1 Å².